The Balaban J connectivity index is 1.98. The third kappa shape index (κ3) is 2.90. The van der Waals surface area contributed by atoms with Crippen molar-refractivity contribution >= 4 is 22.7 Å². The molecule has 1 heterocycles. The normalized spacial score (nSPS) is 16.9. The molecule has 1 fully saturated rings. The number of allylic oxidation sites excluding steroid dienone is 1. The number of aliphatic hydroxyl groups excluding tert-OH is 1. The monoisotopic (exact) mass is 312 g/mol. The molecule has 0 amide bonds. The second kappa shape index (κ2) is 5.43. The van der Waals surface area contributed by atoms with Crippen LogP contribution in [0.4, 0.5) is 0 Å². The molecule has 5 nitrogen and oxygen atoms in total. The summed E-state index contributed by atoms with van der Waals surface area (Å²) < 4.78 is 10.0. The van der Waals surface area contributed by atoms with E-state index in [4.69, 9.17) is 9.47 Å². The first-order valence-electron chi connectivity index (χ1n) is 7.23. The lowest BCUT2D eigenvalue weighted by atomic mass is 10.00. The zero-order valence-corrected chi connectivity index (χ0v) is 12.8. The summed E-state index contributed by atoms with van der Waals surface area (Å²) in [5.41, 5.74) is 0.357. The number of hydrogen-bond donors (Lipinski definition) is 1. The predicted molar refractivity (Wildman–Crippen MR) is 83.6 cm³/mol. The minimum Gasteiger partial charge on any atom is -0.511 e. The fourth-order valence-corrected chi connectivity index (χ4v) is 2.60. The van der Waals surface area contributed by atoms with E-state index in [1.54, 1.807) is 0 Å². The van der Waals surface area contributed by atoms with Crippen molar-refractivity contribution in [3.63, 3.8) is 0 Å². The molecule has 0 radical (unpaired) electrons. The van der Waals surface area contributed by atoms with Gasteiger partial charge in [0, 0.05) is 20.3 Å². The lowest BCUT2D eigenvalue weighted by molar-refractivity contribution is -0.222. The summed E-state index contributed by atoms with van der Waals surface area (Å²) in [5.74, 6) is -3.42. The Hall–Kier alpha value is -2.82. The summed E-state index contributed by atoms with van der Waals surface area (Å²) in [6.45, 7) is 2.92. The molecule has 2 aromatic rings. The highest BCUT2D eigenvalue weighted by Gasteiger charge is 2.41. The van der Waals surface area contributed by atoms with Crippen molar-refractivity contribution in [3.8, 4) is 0 Å². The van der Waals surface area contributed by atoms with Crippen LogP contribution in [0.5, 0.6) is 0 Å². The highest BCUT2D eigenvalue weighted by molar-refractivity contribution is 6.15. The Morgan fingerprint density at radius 1 is 1.00 bits per heavy atom. The minimum absolute atomic E-state index is 0.0430. The van der Waals surface area contributed by atoms with Gasteiger partial charge in [-0.15, -0.1) is 0 Å². The van der Waals surface area contributed by atoms with Gasteiger partial charge in [0.1, 0.15) is 5.76 Å². The van der Waals surface area contributed by atoms with E-state index in [1.165, 1.54) is 13.8 Å². The highest BCUT2D eigenvalue weighted by atomic mass is 16.7. The van der Waals surface area contributed by atoms with Crippen molar-refractivity contribution in [2.24, 2.45) is 0 Å². The van der Waals surface area contributed by atoms with Crippen LogP contribution in [0, 0.1) is 0 Å². The maximum absolute atomic E-state index is 12.0. The van der Waals surface area contributed by atoms with E-state index in [-0.39, 0.29) is 12.2 Å². The Morgan fingerprint density at radius 2 is 1.61 bits per heavy atom. The van der Waals surface area contributed by atoms with Crippen LogP contribution in [0.25, 0.3) is 10.8 Å². The summed E-state index contributed by atoms with van der Waals surface area (Å²) in [7, 11) is 0. The van der Waals surface area contributed by atoms with Crippen molar-refractivity contribution in [1.29, 1.82) is 0 Å². The number of carbonyl (C=O) groups is 2. The number of hydrogen-bond acceptors (Lipinski definition) is 5. The van der Waals surface area contributed by atoms with E-state index < -0.39 is 23.3 Å². The average Bonchev–Trinajstić information content (AvgIpc) is 2.45. The third-order valence-corrected chi connectivity index (χ3v) is 3.61. The molecular formula is C18H16O5. The van der Waals surface area contributed by atoms with Crippen LogP contribution in [-0.2, 0) is 25.5 Å². The van der Waals surface area contributed by atoms with Gasteiger partial charge in [-0.25, -0.2) is 9.59 Å². The largest absolute Gasteiger partial charge is 0.511 e. The molecule has 0 bridgehead atoms. The molecule has 1 aliphatic rings. The lowest BCUT2D eigenvalue weighted by Gasteiger charge is -2.30. The summed E-state index contributed by atoms with van der Waals surface area (Å²) in [5, 5.41) is 12.2. The quantitative estimate of drug-likeness (QED) is 0.399. The van der Waals surface area contributed by atoms with Crippen LogP contribution < -0.4 is 0 Å². The molecule has 23 heavy (non-hydrogen) atoms. The number of ether oxygens (including phenoxy) is 2. The van der Waals surface area contributed by atoms with Gasteiger partial charge in [0.2, 0.25) is 0 Å². The molecule has 0 atom stereocenters. The molecule has 0 aliphatic carbocycles. The zero-order valence-electron chi connectivity index (χ0n) is 12.8. The highest BCUT2D eigenvalue weighted by Crippen LogP contribution is 2.26. The number of esters is 2. The second-order valence-corrected chi connectivity index (χ2v) is 5.82. The zero-order chi connectivity index (χ0) is 16.6. The van der Waals surface area contributed by atoms with Crippen LogP contribution in [-0.4, -0.2) is 22.8 Å². The Bertz CT molecular complexity index is 805. The predicted octanol–water partition coefficient (Wildman–Crippen LogP) is 3.03. The first-order chi connectivity index (χ1) is 10.9. The first kappa shape index (κ1) is 15.1. The fraction of sp³-hybridized carbons (Fsp3) is 0.222. The molecule has 118 valence electrons. The number of benzene rings is 2. The number of fused-ring (bicyclic) bond motifs is 1. The maximum Gasteiger partial charge on any atom is 0.352 e. The van der Waals surface area contributed by atoms with Crippen molar-refractivity contribution < 1.29 is 24.2 Å². The van der Waals surface area contributed by atoms with Gasteiger partial charge in [-0.1, -0.05) is 42.5 Å². The SMILES string of the molecule is CC1(C)OC(=O)C(=C(O)Cc2cccc3ccccc23)C(=O)O1. The van der Waals surface area contributed by atoms with E-state index >= 15 is 0 Å². The van der Waals surface area contributed by atoms with E-state index in [1.807, 2.05) is 42.5 Å². The Kier molecular flexibility index (Phi) is 3.56. The van der Waals surface area contributed by atoms with Crippen LogP contribution in [0.2, 0.25) is 0 Å². The second-order valence-electron chi connectivity index (χ2n) is 5.82. The van der Waals surface area contributed by atoms with E-state index in [2.05, 4.69) is 0 Å². The molecular weight excluding hydrogens is 296 g/mol. The molecule has 3 rings (SSSR count). The van der Waals surface area contributed by atoms with Gasteiger partial charge in [-0.2, -0.15) is 0 Å². The molecule has 5 heteroatoms. The molecule has 1 aliphatic heterocycles. The van der Waals surface area contributed by atoms with Crippen molar-refractivity contribution in [2.75, 3.05) is 0 Å². The van der Waals surface area contributed by atoms with Crippen molar-refractivity contribution in [2.45, 2.75) is 26.1 Å². The summed E-state index contributed by atoms with van der Waals surface area (Å²) in [6.07, 6.45) is 0.0430. The Labute approximate surface area is 133 Å². The van der Waals surface area contributed by atoms with Gasteiger partial charge >= 0.3 is 11.9 Å². The standard InChI is InChI=1S/C18H16O5/c1-18(2)22-16(20)15(17(21)23-18)14(19)10-12-8-5-7-11-6-3-4-9-13(11)12/h3-9,19H,10H2,1-2H3. The van der Waals surface area contributed by atoms with Crippen LogP contribution in [0.1, 0.15) is 19.4 Å². The van der Waals surface area contributed by atoms with E-state index in [0.29, 0.717) is 0 Å². The van der Waals surface area contributed by atoms with Gasteiger partial charge < -0.3 is 14.6 Å². The number of rotatable bonds is 2. The maximum atomic E-state index is 12.0. The molecule has 0 spiro atoms. The Morgan fingerprint density at radius 3 is 2.30 bits per heavy atom. The first-order valence-corrected chi connectivity index (χ1v) is 7.23. The number of aliphatic hydroxyl groups is 1. The van der Waals surface area contributed by atoms with E-state index in [9.17, 15) is 14.7 Å². The average molecular weight is 312 g/mol. The van der Waals surface area contributed by atoms with Crippen LogP contribution >= 0.6 is 0 Å². The van der Waals surface area contributed by atoms with Gasteiger partial charge in [-0.3, -0.25) is 0 Å². The van der Waals surface area contributed by atoms with Crippen molar-refractivity contribution in [3.05, 3.63) is 59.4 Å². The van der Waals surface area contributed by atoms with Crippen molar-refractivity contribution in [1.82, 2.24) is 0 Å². The lowest BCUT2D eigenvalue weighted by Crippen LogP contribution is -2.42. The summed E-state index contributed by atoms with van der Waals surface area (Å²) in [6, 6.07) is 13.3. The van der Waals surface area contributed by atoms with Crippen LogP contribution in [0.3, 0.4) is 0 Å². The molecule has 0 unspecified atom stereocenters. The number of carbonyl (C=O) groups excluding carboxylic acids is 2. The minimum atomic E-state index is -1.32. The van der Waals surface area contributed by atoms with E-state index in [0.717, 1.165) is 16.3 Å². The molecule has 1 saturated heterocycles. The fourth-order valence-electron chi connectivity index (χ4n) is 2.60. The molecule has 1 N–H and O–H groups in total. The third-order valence-electron chi connectivity index (χ3n) is 3.61. The smallest absolute Gasteiger partial charge is 0.352 e. The summed E-state index contributed by atoms with van der Waals surface area (Å²) in [4.78, 5) is 23.9. The topological polar surface area (TPSA) is 72.8 Å². The van der Waals surface area contributed by atoms with Gasteiger partial charge in [-0.05, 0) is 16.3 Å². The van der Waals surface area contributed by atoms with Crippen LogP contribution in [0.15, 0.2) is 53.8 Å². The van der Waals surface area contributed by atoms with Gasteiger partial charge in [0.05, 0.1) is 0 Å². The summed E-state index contributed by atoms with van der Waals surface area (Å²) >= 11 is 0. The van der Waals surface area contributed by atoms with Gasteiger partial charge in [0.25, 0.3) is 5.79 Å². The molecule has 0 saturated carbocycles. The molecule has 2 aromatic carbocycles. The number of cyclic esters (lactones) is 2. The molecule has 0 aromatic heterocycles. The van der Waals surface area contributed by atoms with Gasteiger partial charge in [0.15, 0.2) is 5.57 Å².